The van der Waals surface area contributed by atoms with Crippen LogP contribution in [0.15, 0.2) is 60.7 Å². The summed E-state index contributed by atoms with van der Waals surface area (Å²) >= 11 is 0. The summed E-state index contributed by atoms with van der Waals surface area (Å²) in [6.07, 6.45) is -0.118. The number of ether oxygens (including phenoxy) is 1. The molecule has 3 atom stereocenters. The molecule has 132 valence electrons. The number of aliphatic hydroxyl groups excluding tert-OH is 1. The molecule has 1 aliphatic rings. The minimum atomic E-state index is -0.602. The normalized spacial score (nSPS) is 20.1. The topological polar surface area (TPSA) is 49.8 Å². The van der Waals surface area contributed by atoms with Gasteiger partial charge >= 0.3 is 0 Å². The zero-order valence-electron chi connectivity index (χ0n) is 14.5. The average Bonchev–Trinajstić information content (AvgIpc) is 2.68. The number of nitrogens with zero attached hydrogens (tertiary/aromatic N) is 1. The largest absolute Gasteiger partial charge is 0.388 e. The van der Waals surface area contributed by atoms with Crippen molar-refractivity contribution in [3.05, 3.63) is 71.8 Å². The van der Waals surface area contributed by atoms with E-state index in [4.69, 9.17) is 4.74 Å². The molecular formula is C21H25NO3. The summed E-state index contributed by atoms with van der Waals surface area (Å²) in [5.41, 5.74) is 1.89. The number of hydrogen-bond acceptors (Lipinski definition) is 3. The fourth-order valence-corrected chi connectivity index (χ4v) is 3.34. The van der Waals surface area contributed by atoms with Crippen LogP contribution < -0.4 is 0 Å². The van der Waals surface area contributed by atoms with Gasteiger partial charge in [0.1, 0.15) is 0 Å². The van der Waals surface area contributed by atoms with Crippen molar-refractivity contribution >= 4 is 5.91 Å². The van der Waals surface area contributed by atoms with E-state index in [0.717, 1.165) is 11.1 Å². The van der Waals surface area contributed by atoms with Crippen LogP contribution in [-0.2, 0) is 9.53 Å². The van der Waals surface area contributed by atoms with E-state index in [1.54, 1.807) is 0 Å². The maximum Gasteiger partial charge on any atom is 0.230 e. The third-order valence-electron chi connectivity index (χ3n) is 4.86. The molecule has 25 heavy (non-hydrogen) atoms. The molecule has 1 N–H and O–H groups in total. The fourth-order valence-electron chi connectivity index (χ4n) is 3.34. The second-order valence-corrected chi connectivity index (χ2v) is 6.55. The number of hydrogen-bond donors (Lipinski definition) is 1. The van der Waals surface area contributed by atoms with E-state index >= 15 is 0 Å². The van der Waals surface area contributed by atoms with E-state index in [1.807, 2.05) is 72.5 Å². The highest BCUT2D eigenvalue weighted by molar-refractivity contribution is 5.83. The molecule has 1 amide bonds. The molecule has 1 fully saturated rings. The van der Waals surface area contributed by atoms with Gasteiger partial charge in [-0.05, 0) is 18.1 Å². The molecule has 0 unspecified atom stereocenters. The Kier molecular flexibility index (Phi) is 5.84. The van der Waals surface area contributed by atoms with Crippen LogP contribution in [-0.4, -0.2) is 41.7 Å². The first kappa shape index (κ1) is 17.6. The molecule has 0 bridgehead atoms. The van der Waals surface area contributed by atoms with Gasteiger partial charge in [0, 0.05) is 13.0 Å². The zero-order valence-corrected chi connectivity index (χ0v) is 14.5. The van der Waals surface area contributed by atoms with Gasteiger partial charge in [0.25, 0.3) is 0 Å². The molecule has 2 aromatic rings. The number of morpholine rings is 1. The molecule has 4 nitrogen and oxygen atoms in total. The summed E-state index contributed by atoms with van der Waals surface area (Å²) in [6, 6.07) is 19.3. The molecule has 1 saturated heterocycles. The molecule has 0 radical (unpaired) electrons. The lowest BCUT2D eigenvalue weighted by atomic mass is 9.96. The summed E-state index contributed by atoms with van der Waals surface area (Å²) in [5, 5.41) is 10.5. The Balaban J connectivity index is 1.71. The Bertz CT molecular complexity index is 674. The summed E-state index contributed by atoms with van der Waals surface area (Å²) in [5.74, 6) is -0.101. The number of carbonyl (C=O) groups is 1. The van der Waals surface area contributed by atoms with Crippen molar-refractivity contribution in [3.63, 3.8) is 0 Å². The number of aliphatic hydroxyl groups is 1. The smallest absolute Gasteiger partial charge is 0.230 e. The summed E-state index contributed by atoms with van der Waals surface area (Å²) in [4.78, 5) is 14.9. The number of amides is 1. The van der Waals surface area contributed by atoms with Crippen molar-refractivity contribution in [1.82, 2.24) is 4.90 Å². The molecule has 2 aromatic carbocycles. The van der Waals surface area contributed by atoms with E-state index < -0.39 is 6.10 Å². The maximum atomic E-state index is 13.0. The van der Waals surface area contributed by atoms with Gasteiger partial charge < -0.3 is 14.7 Å². The highest BCUT2D eigenvalue weighted by Crippen LogP contribution is 2.26. The third kappa shape index (κ3) is 4.27. The Morgan fingerprint density at radius 2 is 1.72 bits per heavy atom. The lowest BCUT2D eigenvalue weighted by Crippen LogP contribution is -2.50. The van der Waals surface area contributed by atoms with Crippen LogP contribution in [0.5, 0.6) is 0 Å². The predicted octanol–water partition coefficient (Wildman–Crippen LogP) is 3.14. The van der Waals surface area contributed by atoms with Crippen molar-refractivity contribution in [2.45, 2.75) is 31.4 Å². The zero-order chi connectivity index (χ0) is 17.6. The molecule has 0 aliphatic carbocycles. The first-order valence-corrected chi connectivity index (χ1v) is 8.83. The molecule has 4 heteroatoms. The average molecular weight is 339 g/mol. The van der Waals surface area contributed by atoms with Gasteiger partial charge in [0.05, 0.1) is 31.3 Å². The minimum Gasteiger partial charge on any atom is -0.388 e. The monoisotopic (exact) mass is 339 g/mol. The van der Waals surface area contributed by atoms with E-state index in [1.165, 1.54) is 0 Å². The Hall–Kier alpha value is -2.17. The second kappa shape index (κ2) is 8.28. The van der Waals surface area contributed by atoms with E-state index in [2.05, 4.69) is 0 Å². The second-order valence-electron chi connectivity index (χ2n) is 6.55. The quantitative estimate of drug-likeness (QED) is 0.910. The van der Waals surface area contributed by atoms with Crippen LogP contribution in [0.1, 0.15) is 36.5 Å². The van der Waals surface area contributed by atoms with Crippen molar-refractivity contribution in [1.29, 1.82) is 0 Å². The fraction of sp³-hybridized carbons (Fsp3) is 0.381. The van der Waals surface area contributed by atoms with Crippen LogP contribution in [0.2, 0.25) is 0 Å². The van der Waals surface area contributed by atoms with Crippen molar-refractivity contribution < 1.29 is 14.6 Å². The first-order chi connectivity index (χ1) is 12.2. The standard InChI is InChI=1S/C21H25NO3/c1-16(17-8-4-2-5-9-17)21(24)22-12-13-25-15-19(22)14-20(23)18-10-6-3-7-11-18/h2-11,16,19-20,23H,12-15H2,1H3/t16-,19-,20+/m1/s1. The van der Waals surface area contributed by atoms with Gasteiger partial charge in [-0.2, -0.15) is 0 Å². The molecule has 1 heterocycles. The molecule has 0 saturated carbocycles. The molecule has 0 spiro atoms. The van der Waals surface area contributed by atoms with Crippen LogP contribution in [0.3, 0.4) is 0 Å². The maximum absolute atomic E-state index is 13.0. The van der Waals surface area contributed by atoms with Crippen molar-refractivity contribution in [2.75, 3.05) is 19.8 Å². The highest BCUT2D eigenvalue weighted by atomic mass is 16.5. The van der Waals surface area contributed by atoms with Gasteiger partial charge in [-0.25, -0.2) is 0 Å². The molecule has 3 rings (SSSR count). The molecule has 0 aromatic heterocycles. The van der Waals surface area contributed by atoms with E-state index in [9.17, 15) is 9.90 Å². The number of carbonyl (C=O) groups excluding carboxylic acids is 1. The lowest BCUT2D eigenvalue weighted by Gasteiger charge is -2.38. The first-order valence-electron chi connectivity index (χ1n) is 8.83. The Morgan fingerprint density at radius 1 is 1.12 bits per heavy atom. The van der Waals surface area contributed by atoms with E-state index in [0.29, 0.717) is 26.2 Å². The van der Waals surface area contributed by atoms with Crippen LogP contribution in [0, 0.1) is 0 Å². The third-order valence-corrected chi connectivity index (χ3v) is 4.86. The molecule has 1 aliphatic heterocycles. The highest BCUT2D eigenvalue weighted by Gasteiger charge is 2.32. The summed E-state index contributed by atoms with van der Waals surface area (Å²) in [6.45, 7) is 3.53. The lowest BCUT2D eigenvalue weighted by molar-refractivity contribution is -0.142. The van der Waals surface area contributed by atoms with Gasteiger partial charge in [0.15, 0.2) is 0 Å². The van der Waals surface area contributed by atoms with Crippen LogP contribution in [0.25, 0.3) is 0 Å². The van der Waals surface area contributed by atoms with Gasteiger partial charge in [-0.15, -0.1) is 0 Å². The van der Waals surface area contributed by atoms with E-state index in [-0.39, 0.29) is 17.9 Å². The SMILES string of the molecule is C[C@@H](C(=O)N1CCOC[C@H]1C[C@H](O)c1ccccc1)c1ccccc1. The van der Waals surface area contributed by atoms with Crippen LogP contribution in [0.4, 0.5) is 0 Å². The van der Waals surface area contributed by atoms with Crippen molar-refractivity contribution in [3.8, 4) is 0 Å². The van der Waals surface area contributed by atoms with Gasteiger partial charge in [0.2, 0.25) is 5.91 Å². The summed E-state index contributed by atoms with van der Waals surface area (Å²) < 4.78 is 5.58. The summed E-state index contributed by atoms with van der Waals surface area (Å²) in [7, 11) is 0. The van der Waals surface area contributed by atoms with Crippen molar-refractivity contribution in [2.24, 2.45) is 0 Å². The van der Waals surface area contributed by atoms with Gasteiger partial charge in [-0.1, -0.05) is 60.7 Å². The number of benzene rings is 2. The Labute approximate surface area is 149 Å². The minimum absolute atomic E-state index is 0.0970. The Morgan fingerprint density at radius 3 is 2.36 bits per heavy atom. The predicted molar refractivity (Wildman–Crippen MR) is 97.2 cm³/mol. The van der Waals surface area contributed by atoms with Crippen LogP contribution >= 0.6 is 0 Å². The molecular weight excluding hydrogens is 314 g/mol. The van der Waals surface area contributed by atoms with Gasteiger partial charge in [-0.3, -0.25) is 4.79 Å². The number of rotatable bonds is 5.